The monoisotopic (exact) mass is 709 g/mol. The van der Waals surface area contributed by atoms with Gasteiger partial charge in [-0.25, -0.2) is 4.98 Å². The van der Waals surface area contributed by atoms with E-state index in [1.807, 2.05) is 24.1 Å². The number of H-pyrrole nitrogens is 1. The molecule has 2 heterocycles. The quantitative estimate of drug-likeness (QED) is 0.203. The number of imidazole rings is 1. The zero-order chi connectivity index (χ0) is 25.8. The van der Waals surface area contributed by atoms with E-state index in [-0.39, 0.29) is 12.5 Å². The van der Waals surface area contributed by atoms with Gasteiger partial charge in [0.25, 0.3) is 5.91 Å². The first-order valence-electron chi connectivity index (χ1n) is 10.6. The molecule has 12 heteroatoms. The van der Waals surface area contributed by atoms with Gasteiger partial charge in [-0.1, -0.05) is 6.07 Å². The molecule has 0 spiro atoms. The van der Waals surface area contributed by atoms with E-state index in [1.165, 1.54) is 0 Å². The number of nitrogens with zero attached hydrogens (tertiary/aromatic N) is 5. The third-order valence-corrected chi connectivity index (χ3v) is 7.49. The smallest absolute Gasteiger partial charge is 0.260 e. The number of rotatable bonds is 8. The maximum atomic E-state index is 13.2. The largest absolute Gasteiger partial charge is 0.495 e. The van der Waals surface area contributed by atoms with Gasteiger partial charge in [0.1, 0.15) is 17.0 Å². The van der Waals surface area contributed by atoms with Crippen LogP contribution in [0, 0.1) is 18.5 Å². The van der Waals surface area contributed by atoms with Crippen LogP contribution in [0.1, 0.15) is 16.1 Å². The molecule has 2 aromatic carbocycles. The molecule has 0 aliphatic rings. The van der Waals surface area contributed by atoms with E-state index >= 15 is 0 Å². The summed E-state index contributed by atoms with van der Waals surface area (Å²) in [5.74, 6) is 1.29. The van der Waals surface area contributed by atoms with Crippen molar-refractivity contribution in [3.8, 4) is 28.7 Å². The number of methoxy groups -OCH3 is 2. The van der Waals surface area contributed by atoms with E-state index in [0.29, 0.717) is 46.3 Å². The summed E-state index contributed by atoms with van der Waals surface area (Å²) in [6.45, 7) is 0.757. The number of hydrogen-bond donors (Lipinski definition) is 2. The molecule has 4 aromatic rings. The van der Waals surface area contributed by atoms with E-state index in [0.717, 1.165) is 18.3 Å². The lowest BCUT2D eigenvalue weighted by Gasteiger charge is -2.17. The predicted octanol–water partition coefficient (Wildman–Crippen LogP) is 4.45. The SMILES string of the molecule is COc1cc(OC)c(I)c(-c2ccc(C(=O)Nc3nc(CN(C)CC#N)c[nH]3)c3nccnc23)c1I. The molecule has 0 bridgehead atoms. The highest BCUT2D eigenvalue weighted by Crippen LogP contribution is 2.43. The summed E-state index contributed by atoms with van der Waals surface area (Å²) < 4.78 is 12.9. The Bertz CT molecular complexity index is 1450. The minimum absolute atomic E-state index is 0.280. The van der Waals surface area contributed by atoms with Gasteiger partial charge in [0.05, 0.1) is 50.7 Å². The summed E-state index contributed by atoms with van der Waals surface area (Å²) in [6, 6.07) is 7.52. The Kier molecular flexibility index (Phi) is 8.21. The Labute approximate surface area is 234 Å². The van der Waals surface area contributed by atoms with Crippen molar-refractivity contribution in [3.63, 3.8) is 0 Å². The van der Waals surface area contributed by atoms with Gasteiger partial charge in [-0.15, -0.1) is 0 Å². The molecule has 0 aliphatic carbocycles. The van der Waals surface area contributed by atoms with Crippen molar-refractivity contribution in [2.24, 2.45) is 0 Å². The fourth-order valence-electron chi connectivity index (χ4n) is 3.70. The van der Waals surface area contributed by atoms with Crippen LogP contribution in [-0.2, 0) is 6.54 Å². The highest BCUT2D eigenvalue weighted by Gasteiger charge is 2.23. The van der Waals surface area contributed by atoms with Crippen LogP contribution in [-0.4, -0.2) is 58.6 Å². The Morgan fingerprint density at radius 3 is 2.44 bits per heavy atom. The molecular formula is C24H21I2N7O3. The van der Waals surface area contributed by atoms with Gasteiger partial charge in [-0.05, 0) is 58.3 Å². The van der Waals surface area contributed by atoms with Gasteiger partial charge in [0, 0.05) is 42.3 Å². The second-order valence-electron chi connectivity index (χ2n) is 7.72. The predicted molar refractivity (Wildman–Crippen MR) is 152 cm³/mol. The number of nitriles is 1. The third-order valence-electron chi connectivity index (χ3n) is 5.35. The van der Waals surface area contributed by atoms with E-state index in [1.54, 1.807) is 38.9 Å². The van der Waals surface area contributed by atoms with Crippen molar-refractivity contribution in [3.05, 3.63) is 55.2 Å². The van der Waals surface area contributed by atoms with E-state index in [4.69, 9.17) is 14.7 Å². The first-order chi connectivity index (χ1) is 17.4. The Morgan fingerprint density at radius 2 is 1.81 bits per heavy atom. The highest BCUT2D eigenvalue weighted by atomic mass is 127. The topological polar surface area (TPSA) is 129 Å². The summed E-state index contributed by atoms with van der Waals surface area (Å²) in [6.07, 6.45) is 4.85. The minimum atomic E-state index is -0.369. The molecular weight excluding hydrogens is 688 g/mol. The number of fused-ring (bicyclic) bond motifs is 1. The first-order valence-corrected chi connectivity index (χ1v) is 12.8. The maximum absolute atomic E-state index is 13.2. The molecule has 0 aliphatic heterocycles. The third kappa shape index (κ3) is 5.22. The molecule has 184 valence electrons. The van der Waals surface area contributed by atoms with Gasteiger partial charge in [-0.2, -0.15) is 5.26 Å². The van der Waals surface area contributed by atoms with Crippen LogP contribution in [0.4, 0.5) is 5.95 Å². The molecule has 0 unspecified atom stereocenters. The van der Waals surface area contributed by atoms with Crippen LogP contribution < -0.4 is 14.8 Å². The molecule has 2 N–H and O–H groups in total. The summed E-state index contributed by atoms with van der Waals surface area (Å²) in [4.78, 5) is 31.4. The highest BCUT2D eigenvalue weighted by molar-refractivity contribution is 14.1. The lowest BCUT2D eigenvalue weighted by molar-refractivity contribution is 0.102. The molecule has 36 heavy (non-hydrogen) atoms. The van der Waals surface area contributed by atoms with Gasteiger partial charge >= 0.3 is 0 Å². The molecule has 2 aromatic heterocycles. The van der Waals surface area contributed by atoms with Crippen LogP contribution in [0.5, 0.6) is 11.5 Å². The average molecular weight is 709 g/mol. The molecule has 0 radical (unpaired) electrons. The molecule has 4 rings (SSSR count). The normalized spacial score (nSPS) is 10.9. The molecule has 0 fully saturated rings. The van der Waals surface area contributed by atoms with Crippen molar-refractivity contribution in [1.82, 2.24) is 24.8 Å². The van der Waals surface area contributed by atoms with Crippen LogP contribution in [0.25, 0.3) is 22.2 Å². The second kappa shape index (κ2) is 11.4. The zero-order valence-electron chi connectivity index (χ0n) is 19.6. The Balaban J connectivity index is 1.72. The number of amides is 1. The van der Waals surface area contributed by atoms with Gasteiger partial charge in [0.15, 0.2) is 0 Å². The second-order valence-corrected chi connectivity index (χ2v) is 9.88. The standard InChI is InChI=1S/C24H21I2N7O3/c1-33(9-6-27)12-13-11-30-24(31-13)32-23(34)15-5-4-14(21-22(15)29-8-7-28-21)18-19(25)16(35-2)10-17(36-3)20(18)26/h4-5,7-8,10-11H,9,12H2,1-3H3,(H2,30,31,32,34). The molecule has 0 saturated heterocycles. The van der Waals surface area contributed by atoms with E-state index < -0.39 is 0 Å². The number of aromatic nitrogens is 4. The summed E-state index contributed by atoms with van der Waals surface area (Å²) >= 11 is 4.48. The average Bonchev–Trinajstić information content (AvgIpc) is 3.30. The van der Waals surface area contributed by atoms with Gasteiger partial charge in [-0.3, -0.25) is 25.0 Å². The summed E-state index contributed by atoms with van der Waals surface area (Å²) in [5.41, 5.74) is 3.81. The summed E-state index contributed by atoms with van der Waals surface area (Å²) in [5, 5.41) is 11.6. The molecule has 1 amide bonds. The molecule has 0 atom stereocenters. The first kappa shape index (κ1) is 26.0. The van der Waals surface area contributed by atoms with Crippen molar-refractivity contribution in [1.29, 1.82) is 5.26 Å². The van der Waals surface area contributed by atoms with Gasteiger partial charge in [0.2, 0.25) is 5.95 Å². The number of halogens is 2. The number of carbonyl (C=O) groups excluding carboxylic acids is 1. The number of anilines is 1. The van der Waals surface area contributed by atoms with Crippen molar-refractivity contribution in [2.75, 3.05) is 33.1 Å². The summed E-state index contributed by atoms with van der Waals surface area (Å²) in [7, 11) is 5.05. The van der Waals surface area contributed by atoms with E-state index in [2.05, 4.69) is 76.5 Å². The lowest BCUT2D eigenvalue weighted by Crippen LogP contribution is -2.18. The fraction of sp³-hybridized carbons (Fsp3) is 0.208. The number of benzene rings is 2. The number of nitrogens with one attached hydrogen (secondary N) is 2. The van der Waals surface area contributed by atoms with Crippen LogP contribution in [0.2, 0.25) is 0 Å². The number of aromatic amines is 1. The fourth-order valence-corrected chi connectivity index (χ4v) is 6.08. The number of carbonyl (C=O) groups is 1. The van der Waals surface area contributed by atoms with Gasteiger partial charge < -0.3 is 14.5 Å². The molecule has 10 nitrogen and oxygen atoms in total. The van der Waals surface area contributed by atoms with Crippen molar-refractivity contribution >= 4 is 68.1 Å². The number of ether oxygens (including phenoxy) is 2. The molecule has 0 saturated carbocycles. The Hall–Kier alpha value is -3.03. The lowest BCUT2D eigenvalue weighted by atomic mass is 10.00. The van der Waals surface area contributed by atoms with Crippen molar-refractivity contribution in [2.45, 2.75) is 6.54 Å². The van der Waals surface area contributed by atoms with Crippen LogP contribution >= 0.6 is 45.2 Å². The zero-order valence-corrected chi connectivity index (χ0v) is 23.9. The van der Waals surface area contributed by atoms with Crippen molar-refractivity contribution < 1.29 is 14.3 Å². The minimum Gasteiger partial charge on any atom is -0.495 e. The van der Waals surface area contributed by atoms with Crippen LogP contribution in [0.15, 0.2) is 36.8 Å². The maximum Gasteiger partial charge on any atom is 0.260 e. The van der Waals surface area contributed by atoms with Crippen LogP contribution in [0.3, 0.4) is 0 Å². The van der Waals surface area contributed by atoms with E-state index in [9.17, 15) is 4.79 Å². The Morgan fingerprint density at radius 1 is 1.14 bits per heavy atom. The number of hydrogen-bond acceptors (Lipinski definition) is 8.